The van der Waals surface area contributed by atoms with Crippen LogP contribution in [-0.4, -0.2) is 18.2 Å². The molecule has 2 aromatic rings. The first-order valence-electron chi connectivity index (χ1n) is 5.71. The van der Waals surface area contributed by atoms with Gasteiger partial charge in [0.15, 0.2) is 0 Å². The average molecular weight is 280 g/mol. The van der Waals surface area contributed by atoms with Crippen LogP contribution in [0.5, 0.6) is 0 Å². The largest absolute Gasteiger partial charge is 0.399 e. The quantitative estimate of drug-likeness (QED) is 0.825. The zero-order valence-corrected chi connectivity index (χ0v) is 11.6. The van der Waals surface area contributed by atoms with Crippen LogP contribution in [0.2, 0.25) is 0 Å². The standard InChI is InChI=1S/C12H16N4O2S/c1-9-6-12(16(2)14-9)15-19(17,18)8-10-4-3-5-11(13)7-10/h3-7,15H,8,13H2,1-2H3. The van der Waals surface area contributed by atoms with Crippen molar-refractivity contribution in [2.24, 2.45) is 7.05 Å². The van der Waals surface area contributed by atoms with Crippen molar-refractivity contribution in [2.75, 3.05) is 10.5 Å². The highest BCUT2D eigenvalue weighted by atomic mass is 32.2. The minimum Gasteiger partial charge on any atom is -0.399 e. The molecule has 2 rings (SSSR count). The smallest absolute Gasteiger partial charge is 0.238 e. The molecule has 102 valence electrons. The van der Waals surface area contributed by atoms with E-state index in [1.54, 1.807) is 44.3 Å². The van der Waals surface area contributed by atoms with E-state index in [1.807, 2.05) is 0 Å². The lowest BCUT2D eigenvalue weighted by atomic mass is 10.2. The first kappa shape index (κ1) is 13.4. The van der Waals surface area contributed by atoms with Gasteiger partial charge in [-0.3, -0.25) is 9.40 Å². The van der Waals surface area contributed by atoms with Gasteiger partial charge in [-0.1, -0.05) is 12.1 Å². The van der Waals surface area contributed by atoms with Crippen LogP contribution in [0.15, 0.2) is 30.3 Å². The van der Waals surface area contributed by atoms with Crippen molar-refractivity contribution < 1.29 is 8.42 Å². The number of nitrogens with zero attached hydrogens (tertiary/aromatic N) is 2. The maximum atomic E-state index is 12.0. The van der Waals surface area contributed by atoms with Crippen molar-refractivity contribution in [1.29, 1.82) is 0 Å². The van der Waals surface area contributed by atoms with Gasteiger partial charge in [-0.2, -0.15) is 5.10 Å². The molecule has 0 radical (unpaired) electrons. The minimum absolute atomic E-state index is 0.123. The summed E-state index contributed by atoms with van der Waals surface area (Å²) in [6, 6.07) is 8.50. The first-order valence-corrected chi connectivity index (χ1v) is 7.36. The van der Waals surface area contributed by atoms with Crippen LogP contribution in [0.3, 0.4) is 0 Å². The normalized spacial score (nSPS) is 11.5. The van der Waals surface area contributed by atoms with Gasteiger partial charge in [-0.15, -0.1) is 0 Å². The molecule has 0 amide bonds. The summed E-state index contributed by atoms with van der Waals surface area (Å²) in [6.45, 7) is 1.80. The number of hydrogen-bond donors (Lipinski definition) is 2. The Morgan fingerprint density at radius 2 is 2.11 bits per heavy atom. The zero-order chi connectivity index (χ0) is 14.0. The van der Waals surface area contributed by atoms with Crippen molar-refractivity contribution in [3.05, 3.63) is 41.6 Å². The number of aromatic nitrogens is 2. The molecule has 0 aliphatic heterocycles. The highest BCUT2D eigenvalue weighted by molar-refractivity contribution is 7.91. The highest BCUT2D eigenvalue weighted by Crippen LogP contribution is 2.14. The number of nitrogens with two attached hydrogens (primary N) is 1. The Balaban J connectivity index is 2.17. The maximum absolute atomic E-state index is 12.0. The van der Waals surface area contributed by atoms with Gasteiger partial charge < -0.3 is 5.73 Å². The second kappa shape index (κ2) is 4.93. The van der Waals surface area contributed by atoms with Gasteiger partial charge in [-0.25, -0.2) is 8.42 Å². The predicted molar refractivity (Wildman–Crippen MR) is 75.0 cm³/mol. The van der Waals surface area contributed by atoms with E-state index in [-0.39, 0.29) is 5.75 Å². The molecule has 0 aliphatic carbocycles. The lowest BCUT2D eigenvalue weighted by molar-refractivity contribution is 0.599. The molecular weight excluding hydrogens is 264 g/mol. The summed E-state index contributed by atoms with van der Waals surface area (Å²) in [5.74, 6) is 0.323. The molecule has 0 bridgehead atoms. The van der Waals surface area contributed by atoms with Crippen LogP contribution >= 0.6 is 0 Å². The second-order valence-corrected chi connectivity index (χ2v) is 6.12. The summed E-state index contributed by atoms with van der Waals surface area (Å²) in [6.07, 6.45) is 0. The maximum Gasteiger partial charge on any atom is 0.238 e. The van der Waals surface area contributed by atoms with E-state index in [2.05, 4.69) is 9.82 Å². The van der Waals surface area contributed by atoms with E-state index < -0.39 is 10.0 Å². The van der Waals surface area contributed by atoms with Gasteiger partial charge in [0.2, 0.25) is 10.0 Å². The van der Waals surface area contributed by atoms with Crippen LogP contribution in [0.25, 0.3) is 0 Å². The van der Waals surface area contributed by atoms with Gasteiger partial charge in [0.1, 0.15) is 5.82 Å². The molecule has 0 fully saturated rings. The van der Waals surface area contributed by atoms with Crippen molar-refractivity contribution in [1.82, 2.24) is 9.78 Å². The van der Waals surface area contributed by atoms with Crippen molar-refractivity contribution in [2.45, 2.75) is 12.7 Å². The van der Waals surface area contributed by atoms with E-state index >= 15 is 0 Å². The van der Waals surface area contributed by atoms with Gasteiger partial charge >= 0.3 is 0 Å². The molecule has 0 saturated heterocycles. The van der Waals surface area contributed by atoms with Crippen molar-refractivity contribution in [3.8, 4) is 0 Å². The van der Waals surface area contributed by atoms with Gasteiger partial charge in [-0.05, 0) is 24.6 Å². The fraction of sp³-hybridized carbons (Fsp3) is 0.250. The monoisotopic (exact) mass is 280 g/mol. The van der Waals surface area contributed by atoms with Crippen LogP contribution in [0, 0.1) is 6.92 Å². The summed E-state index contributed by atoms with van der Waals surface area (Å²) in [4.78, 5) is 0. The fourth-order valence-corrected chi connectivity index (χ4v) is 3.00. The van der Waals surface area contributed by atoms with E-state index in [4.69, 9.17) is 5.73 Å². The Hall–Kier alpha value is -2.02. The van der Waals surface area contributed by atoms with E-state index in [9.17, 15) is 8.42 Å². The predicted octanol–water partition coefficient (Wildman–Crippen LogP) is 1.25. The number of aryl methyl sites for hydroxylation is 2. The Morgan fingerprint density at radius 3 is 2.68 bits per heavy atom. The number of sulfonamides is 1. The molecule has 1 heterocycles. The summed E-state index contributed by atoms with van der Waals surface area (Å²) in [7, 11) is -1.79. The number of anilines is 2. The number of benzene rings is 1. The minimum atomic E-state index is -3.48. The van der Waals surface area contributed by atoms with E-state index in [0.717, 1.165) is 5.69 Å². The zero-order valence-electron chi connectivity index (χ0n) is 10.8. The average Bonchev–Trinajstić information content (AvgIpc) is 2.55. The molecule has 7 heteroatoms. The van der Waals surface area contributed by atoms with Crippen LogP contribution in [-0.2, 0) is 22.8 Å². The van der Waals surface area contributed by atoms with E-state index in [1.165, 1.54) is 4.68 Å². The third-order valence-corrected chi connectivity index (χ3v) is 3.80. The Bertz CT molecular complexity index is 692. The fourth-order valence-electron chi connectivity index (χ4n) is 1.80. The molecule has 1 aromatic heterocycles. The molecule has 0 unspecified atom stereocenters. The molecule has 0 spiro atoms. The number of nitrogen functional groups attached to an aromatic ring is 1. The summed E-state index contributed by atoms with van der Waals surface area (Å²) in [5, 5.41) is 4.09. The lowest BCUT2D eigenvalue weighted by Gasteiger charge is -2.08. The Kier molecular flexibility index (Phi) is 3.48. The molecule has 0 atom stereocenters. The molecule has 3 N–H and O–H groups in total. The van der Waals surface area contributed by atoms with Gasteiger partial charge in [0.05, 0.1) is 11.4 Å². The topological polar surface area (TPSA) is 90.0 Å². The SMILES string of the molecule is Cc1cc(NS(=O)(=O)Cc2cccc(N)c2)n(C)n1. The Labute approximate surface area is 112 Å². The number of rotatable bonds is 4. The summed E-state index contributed by atoms with van der Waals surface area (Å²) >= 11 is 0. The van der Waals surface area contributed by atoms with Crippen molar-refractivity contribution in [3.63, 3.8) is 0 Å². The first-order chi connectivity index (χ1) is 8.85. The molecule has 0 saturated carbocycles. The van der Waals surface area contributed by atoms with Gasteiger partial charge in [0.25, 0.3) is 0 Å². The summed E-state index contributed by atoms with van der Waals surface area (Å²) in [5.41, 5.74) is 7.57. The summed E-state index contributed by atoms with van der Waals surface area (Å²) < 4.78 is 28.1. The van der Waals surface area contributed by atoms with Crippen LogP contribution < -0.4 is 10.5 Å². The molecule has 0 aliphatic rings. The highest BCUT2D eigenvalue weighted by Gasteiger charge is 2.14. The van der Waals surface area contributed by atoms with E-state index in [0.29, 0.717) is 17.1 Å². The van der Waals surface area contributed by atoms with Crippen LogP contribution in [0.1, 0.15) is 11.3 Å². The molecular formula is C12H16N4O2S. The Morgan fingerprint density at radius 1 is 1.37 bits per heavy atom. The lowest BCUT2D eigenvalue weighted by Crippen LogP contribution is -2.17. The number of nitrogens with one attached hydrogen (secondary N) is 1. The number of hydrogen-bond acceptors (Lipinski definition) is 4. The second-order valence-electron chi connectivity index (χ2n) is 4.40. The third-order valence-electron chi connectivity index (χ3n) is 2.57. The van der Waals surface area contributed by atoms with Gasteiger partial charge in [0, 0.05) is 18.8 Å². The van der Waals surface area contributed by atoms with Crippen LogP contribution in [0.4, 0.5) is 11.5 Å². The van der Waals surface area contributed by atoms with Crippen molar-refractivity contribution >= 4 is 21.5 Å². The third kappa shape index (κ3) is 3.47. The molecule has 1 aromatic carbocycles. The molecule has 19 heavy (non-hydrogen) atoms. The molecule has 6 nitrogen and oxygen atoms in total.